The molecule has 0 spiro atoms. The number of carbonyl (C=O) groups excluding carboxylic acids is 1. The predicted molar refractivity (Wildman–Crippen MR) is 66.5 cm³/mol. The molecule has 0 radical (unpaired) electrons. The maximum absolute atomic E-state index is 13.8. The van der Waals surface area contributed by atoms with Crippen LogP contribution < -0.4 is 5.32 Å². The number of rotatable bonds is 2. The van der Waals surface area contributed by atoms with E-state index >= 15 is 0 Å². The SMILES string of the molecule is CC(=O)Nc1ccc(C2CCCCC2)cc1F. The molecule has 1 aliphatic rings. The average molecular weight is 235 g/mol. The highest BCUT2D eigenvalue weighted by Gasteiger charge is 2.16. The predicted octanol–water partition coefficient (Wildman–Crippen LogP) is 3.83. The minimum Gasteiger partial charge on any atom is -0.324 e. The number of amides is 1. The smallest absolute Gasteiger partial charge is 0.221 e. The van der Waals surface area contributed by atoms with Gasteiger partial charge in [-0.2, -0.15) is 0 Å². The van der Waals surface area contributed by atoms with Crippen LogP contribution in [-0.4, -0.2) is 5.91 Å². The number of halogens is 1. The molecule has 2 rings (SSSR count). The van der Waals surface area contributed by atoms with Crippen LogP contribution in [0.2, 0.25) is 0 Å². The van der Waals surface area contributed by atoms with Crippen molar-refractivity contribution in [2.24, 2.45) is 0 Å². The van der Waals surface area contributed by atoms with Crippen LogP contribution >= 0.6 is 0 Å². The van der Waals surface area contributed by atoms with Crippen molar-refractivity contribution in [3.63, 3.8) is 0 Å². The molecule has 0 heterocycles. The lowest BCUT2D eigenvalue weighted by molar-refractivity contribution is -0.114. The molecule has 0 aromatic heterocycles. The Morgan fingerprint density at radius 2 is 2.00 bits per heavy atom. The third-order valence-electron chi connectivity index (χ3n) is 3.38. The topological polar surface area (TPSA) is 29.1 Å². The van der Waals surface area contributed by atoms with Crippen LogP contribution in [0.25, 0.3) is 0 Å². The van der Waals surface area contributed by atoms with Crippen molar-refractivity contribution in [1.29, 1.82) is 0 Å². The minimum atomic E-state index is -0.330. The summed E-state index contributed by atoms with van der Waals surface area (Å²) in [6, 6.07) is 5.17. The Hall–Kier alpha value is -1.38. The number of benzene rings is 1. The lowest BCUT2D eigenvalue weighted by atomic mass is 9.84. The molecule has 2 nitrogen and oxygen atoms in total. The van der Waals surface area contributed by atoms with Crippen molar-refractivity contribution < 1.29 is 9.18 Å². The van der Waals surface area contributed by atoms with Crippen LogP contribution in [0.5, 0.6) is 0 Å². The summed E-state index contributed by atoms with van der Waals surface area (Å²) in [7, 11) is 0. The van der Waals surface area contributed by atoms with E-state index in [1.54, 1.807) is 12.1 Å². The zero-order chi connectivity index (χ0) is 12.3. The zero-order valence-electron chi connectivity index (χ0n) is 10.1. The van der Waals surface area contributed by atoms with E-state index in [2.05, 4.69) is 5.32 Å². The summed E-state index contributed by atoms with van der Waals surface area (Å²) in [5.41, 5.74) is 1.34. The Morgan fingerprint density at radius 3 is 2.59 bits per heavy atom. The van der Waals surface area contributed by atoms with Gasteiger partial charge in [-0.25, -0.2) is 4.39 Å². The molecule has 0 atom stereocenters. The summed E-state index contributed by atoms with van der Waals surface area (Å²) < 4.78 is 13.8. The summed E-state index contributed by atoms with van der Waals surface area (Å²) in [5, 5.41) is 2.49. The molecule has 1 aromatic carbocycles. The lowest BCUT2D eigenvalue weighted by Gasteiger charge is -2.22. The normalized spacial score (nSPS) is 16.8. The van der Waals surface area contributed by atoms with Gasteiger partial charge in [0.05, 0.1) is 5.69 Å². The van der Waals surface area contributed by atoms with Gasteiger partial charge in [0.2, 0.25) is 5.91 Å². The van der Waals surface area contributed by atoms with Crippen molar-refractivity contribution in [2.75, 3.05) is 5.32 Å². The molecule has 0 aliphatic heterocycles. The van der Waals surface area contributed by atoms with Gasteiger partial charge >= 0.3 is 0 Å². The summed E-state index contributed by atoms with van der Waals surface area (Å²) in [4.78, 5) is 10.9. The fourth-order valence-corrected chi connectivity index (χ4v) is 2.51. The van der Waals surface area contributed by atoms with E-state index in [1.165, 1.54) is 26.2 Å². The third-order valence-corrected chi connectivity index (χ3v) is 3.38. The third kappa shape index (κ3) is 3.05. The quantitative estimate of drug-likeness (QED) is 0.829. The number of nitrogens with one attached hydrogen (secondary N) is 1. The second kappa shape index (κ2) is 5.30. The summed E-state index contributed by atoms with van der Waals surface area (Å²) in [5.74, 6) is -0.0813. The van der Waals surface area contributed by atoms with Crippen molar-refractivity contribution in [2.45, 2.75) is 44.9 Å². The van der Waals surface area contributed by atoms with Crippen LogP contribution in [0.4, 0.5) is 10.1 Å². The van der Waals surface area contributed by atoms with Gasteiger partial charge in [0, 0.05) is 6.92 Å². The summed E-state index contributed by atoms with van der Waals surface area (Å²) in [6.07, 6.45) is 6.07. The Labute approximate surface area is 101 Å². The van der Waals surface area contributed by atoms with Crippen LogP contribution in [0, 0.1) is 5.82 Å². The molecular formula is C14H18FNO. The van der Waals surface area contributed by atoms with Crippen LogP contribution in [0.15, 0.2) is 18.2 Å². The lowest BCUT2D eigenvalue weighted by Crippen LogP contribution is -2.09. The minimum absolute atomic E-state index is 0.241. The molecule has 1 aromatic rings. The first kappa shape index (κ1) is 12.1. The van der Waals surface area contributed by atoms with Crippen molar-refractivity contribution in [3.05, 3.63) is 29.6 Å². The molecule has 0 saturated heterocycles. The fraction of sp³-hybridized carbons (Fsp3) is 0.500. The summed E-state index contributed by atoms with van der Waals surface area (Å²) in [6.45, 7) is 1.38. The van der Waals surface area contributed by atoms with Gasteiger partial charge in [0.25, 0.3) is 0 Å². The fourth-order valence-electron chi connectivity index (χ4n) is 2.51. The maximum Gasteiger partial charge on any atom is 0.221 e. The Kier molecular flexibility index (Phi) is 3.77. The number of anilines is 1. The Balaban J connectivity index is 2.14. The first-order valence-electron chi connectivity index (χ1n) is 6.24. The van der Waals surface area contributed by atoms with E-state index in [9.17, 15) is 9.18 Å². The van der Waals surface area contributed by atoms with Gasteiger partial charge in [0.1, 0.15) is 5.82 Å². The molecule has 0 unspecified atom stereocenters. The van der Waals surface area contributed by atoms with E-state index in [0.29, 0.717) is 5.92 Å². The molecule has 17 heavy (non-hydrogen) atoms. The number of hydrogen-bond acceptors (Lipinski definition) is 1. The summed E-state index contributed by atoms with van der Waals surface area (Å²) >= 11 is 0. The highest BCUT2D eigenvalue weighted by atomic mass is 19.1. The van der Waals surface area contributed by atoms with Gasteiger partial charge in [-0.1, -0.05) is 25.3 Å². The van der Waals surface area contributed by atoms with Crippen molar-refractivity contribution in [1.82, 2.24) is 0 Å². The van der Waals surface area contributed by atoms with E-state index in [0.717, 1.165) is 18.4 Å². The standard InChI is InChI=1S/C14H18FNO/c1-10(17)16-14-8-7-12(9-13(14)15)11-5-3-2-4-6-11/h7-9,11H,2-6H2,1H3,(H,16,17). The van der Waals surface area contributed by atoms with Gasteiger partial charge in [-0.15, -0.1) is 0 Å². The average Bonchev–Trinajstić information content (AvgIpc) is 2.32. The molecular weight excluding hydrogens is 217 g/mol. The molecule has 0 bridgehead atoms. The van der Waals surface area contributed by atoms with Crippen molar-refractivity contribution in [3.8, 4) is 0 Å². The van der Waals surface area contributed by atoms with E-state index < -0.39 is 0 Å². The van der Waals surface area contributed by atoms with Crippen LogP contribution in [0.1, 0.15) is 50.5 Å². The molecule has 1 N–H and O–H groups in total. The van der Waals surface area contributed by atoms with Crippen molar-refractivity contribution >= 4 is 11.6 Å². The van der Waals surface area contributed by atoms with E-state index in [1.807, 2.05) is 6.07 Å². The zero-order valence-corrected chi connectivity index (χ0v) is 10.1. The van der Waals surface area contributed by atoms with Gasteiger partial charge in [0.15, 0.2) is 0 Å². The molecule has 1 amide bonds. The first-order chi connectivity index (χ1) is 8.16. The second-order valence-corrected chi connectivity index (χ2v) is 4.76. The van der Waals surface area contributed by atoms with Crippen LogP contribution in [0.3, 0.4) is 0 Å². The maximum atomic E-state index is 13.8. The van der Waals surface area contributed by atoms with Crippen LogP contribution in [-0.2, 0) is 4.79 Å². The molecule has 1 fully saturated rings. The van der Waals surface area contributed by atoms with E-state index in [-0.39, 0.29) is 17.4 Å². The van der Waals surface area contributed by atoms with Gasteiger partial charge < -0.3 is 5.32 Å². The molecule has 92 valence electrons. The number of carbonyl (C=O) groups is 1. The van der Waals surface area contributed by atoms with Gasteiger partial charge in [-0.3, -0.25) is 4.79 Å². The van der Waals surface area contributed by atoms with E-state index in [4.69, 9.17) is 0 Å². The largest absolute Gasteiger partial charge is 0.324 e. The highest BCUT2D eigenvalue weighted by Crippen LogP contribution is 2.33. The van der Waals surface area contributed by atoms with Gasteiger partial charge in [-0.05, 0) is 36.5 Å². The first-order valence-corrected chi connectivity index (χ1v) is 6.24. The molecule has 1 aliphatic carbocycles. The Morgan fingerprint density at radius 1 is 1.29 bits per heavy atom. The monoisotopic (exact) mass is 235 g/mol. The number of hydrogen-bond donors (Lipinski definition) is 1. The molecule has 1 saturated carbocycles. The second-order valence-electron chi connectivity index (χ2n) is 4.76. The Bertz CT molecular complexity index is 411. The highest BCUT2D eigenvalue weighted by molar-refractivity contribution is 5.88. The molecule has 3 heteroatoms.